The third-order valence-electron chi connectivity index (χ3n) is 4.70. The largest absolute Gasteiger partial charge is 0.397 e. The molecule has 0 aliphatic heterocycles. The summed E-state index contributed by atoms with van der Waals surface area (Å²) < 4.78 is 0. The number of hydrogen-bond donors (Lipinski definition) is 2. The van der Waals surface area contributed by atoms with E-state index in [1.54, 1.807) is 0 Å². The number of benzene rings is 2. The molecule has 2 heteroatoms. The Morgan fingerprint density at radius 2 is 1.47 bits per heavy atom. The van der Waals surface area contributed by atoms with E-state index in [1.807, 2.05) is 0 Å². The molecule has 0 unspecified atom stereocenters. The van der Waals surface area contributed by atoms with Crippen molar-refractivity contribution in [1.82, 2.24) is 0 Å². The first-order valence-corrected chi connectivity index (χ1v) is 6.70. The van der Waals surface area contributed by atoms with Crippen molar-refractivity contribution in [3.63, 3.8) is 0 Å². The van der Waals surface area contributed by atoms with Crippen LogP contribution in [0.1, 0.15) is 33.4 Å². The fourth-order valence-electron chi connectivity index (χ4n) is 3.19. The number of anilines is 2. The molecule has 19 heavy (non-hydrogen) atoms. The molecule has 0 atom stereocenters. The number of aryl methyl sites for hydroxylation is 1. The van der Waals surface area contributed by atoms with Gasteiger partial charge < -0.3 is 11.5 Å². The molecule has 3 rings (SSSR count). The van der Waals surface area contributed by atoms with Gasteiger partial charge in [0, 0.05) is 6.42 Å². The number of fused-ring (bicyclic) bond motifs is 3. The lowest BCUT2D eigenvalue weighted by molar-refractivity contribution is 1.24. The third-order valence-corrected chi connectivity index (χ3v) is 4.70. The molecule has 1 aliphatic carbocycles. The molecule has 1 aliphatic rings. The maximum atomic E-state index is 6.25. The van der Waals surface area contributed by atoms with Crippen LogP contribution in [-0.2, 0) is 6.42 Å². The van der Waals surface area contributed by atoms with Gasteiger partial charge in [-0.2, -0.15) is 0 Å². The molecule has 0 heterocycles. The van der Waals surface area contributed by atoms with E-state index >= 15 is 0 Å². The third kappa shape index (κ3) is 1.43. The summed E-state index contributed by atoms with van der Waals surface area (Å²) in [5.41, 5.74) is 24.3. The second-order valence-electron chi connectivity index (χ2n) is 5.65. The Bertz CT molecular complexity index is 712. The highest BCUT2D eigenvalue weighted by molar-refractivity contribution is 5.91. The van der Waals surface area contributed by atoms with Gasteiger partial charge in [-0.15, -0.1) is 0 Å². The van der Waals surface area contributed by atoms with Crippen LogP contribution in [0.5, 0.6) is 0 Å². The van der Waals surface area contributed by atoms with Crippen LogP contribution in [-0.4, -0.2) is 0 Å². The van der Waals surface area contributed by atoms with Gasteiger partial charge in [0.1, 0.15) is 0 Å². The number of nitrogens with two attached hydrogens (primary N) is 2. The molecule has 0 bridgehead atoms. The van der Waals surface area contributed by atoms with Gasteiger partial charge in [0.05, 0.1) is 11.4 Å². The van der Waals surface area contributed by atoms with E-state index in [9.17, 15) is 0 Å². The van der Waals surface area contributed by atoms with Crippen LogP contribution < -0.4 is 11.5 Å². The van der Waals surface area contributed by atoms with Crippen molar-refractivity contribution in [1.29, 1.82) is 0 Å². The highest BCUT2D eigenvalue weighted by Gasteiger charge is 2.27. The van der Waals surface area contributed by atoms with E-state index < -0.39 is 0 Å². The van der Waals surface area contributed by atoms with E-state index in [0.717, 1.165) is 23.4 Å². The minimum absolute atomic E-state index is 0.749. The highest BCUT2D eigenvalue weighted by Crippen LogP contribution is 2.47. The lowest BCUT2D eigenvalue weighted by atomic mass is 9.91. The molecule has 2 aromatic rings. The minimum atomic E-state index is 0.749. The minimum Gasteiger partial charge on any atom is -0.397 e. The average molecular weight is 252 g/mol. The summed E-state index contributed by atoms with van der Waals surface area (Å²) in [7, 11) is 0. The second-order valence-corrected chi connectivity index (χ2v) is 5.65. The Morgan fingerprint density at radius 1 is 0.789 bits per heavy atom. The first kappa shape index (κ1) is 12.1. The molecular formula is C17H20N2. The molecule has 0 spiro atoms. The Balaban J connectivity index is 2.45. The monoisotopic (exact) mass is 252 g/mol. The van der Waals surface area contributed by atoms with Crippen molar-refractivity contribution in [2.45, 2.75) is 34.1 Å². The molecule has 2 nitrogen and oxygen atoms in total. The van der Waals surface area contributed by atoms with Gasteiger partial charge in [-0.3, -0.25) is 0 Å². The van der Waals surface area contributed by atoms with Gasteiger partial charge in [0.25, 0.3) is 0 Å². The molecule has 0 amide bonds. The smallest absolute Gasteiger partial charge is 0.0592 e. The lowest BCUT2D eigenvalue weighted by Crippen LogP contribution is -2.04. The maximum Gasteiger partial charge on any atom is 0.0592 e. The molecule has 0 radical (unpaired) electrons. The Kier molecular flexibility index (Phi) is 2.40. The Morgan fingerprint density at radius 3 is 2.16 bits per heavy atom. The zero-order valence-corrected chi connectivity index (χ0v) is 12.0. The summed E-state index contributed by atoms with van der Waals surface area (Å²) in [6.45, 7) is 8.58. The molecule has 0 saturated carbocycles. The van der Waals surface area contributed by atoms with Crippen molar-refractivity contribution < 1.29 is 0 Å². The van der Waals surface area contributed by atoms with Gasteiger partial charge in [-0.25, -0.2) is 0 Å². The van der Waals surface area contributed by atoms with Crippen LogP contribution in [0.25, 0.3) is 11.1 Å². The molecule has 0 aromatic heterocycles. The topological polar surface area (TPSA) is 52.0 Å². The van der Waals surface area contributed by atoms with E-state index in [0.29, 0.717) is 0 Å². The fraction of sp³-hybridized carbons (Fsp3) is 0.294. The summed E-state index contributed by atoms with van der Waals surface area (Å²) in [6.07, 6.45) is 0.906. The quantitative estimate of drug-likeness (QED) is 0.600. The molecule has 98 valence electrons. The molecular weight excluding hydrogens is 232 g/mol. The van der Waals surface area contributed by atoms with Crippen LogP contribution in [0.3, 0.4) is 0 Å². The van der Waals surface area contributed by atoms with Crippen molar-refractivity contribution in [2.24, 2.45) is 0 Å². The van der Waals surface area contributed by atoms with Crippen molar-refractivity contribution in [2.75, 3.05) is 11.5 Å². The first-order valence-electron chi connectivity index (χ1n) is 6.70. The summed E-state index contributed by atoms with van der Waals surface area (Å²) in [5.74, 6) is 0. The Hall–Kier alpha value is -1.96. The van der Waals surface area contributed by atoms with Gasteiger partial charge in [0.15, 0.2) is 0 Å². The van der Waals surface area contributed by atoms with Crippen molar-refractivity contribution >= 4 is 11.4 Å². The van der Waals surface area contributed by atoms with Gasteiger partial charge >= 0.3 is 0 Å². The van der Waals surface area contributed by atoms with Crippen LogP contribution in [0.4, 0.5) is 11.4 Å². The van der Waals surface area contributed by atoms with E-state index in [2.05, 4.69) is 39.8 Å². The van der Waals surface area contributed by atoms with Gasteiger partial charge in [-0.1, -0.05) is 12.1 Å². The SMILES string of the molecule is Cc1ccc2c(c1C)-c1c(C)c(C)c(N)c(N)c1C2. The van der Waals surface area contributed by atoms with Crippen LogP contribution in [0.2, 0.25) is 0 Å². The van der Waals surface area contributed by atoms with Crippen molar-refractivity contribution in [3.8, 4) is 11.1 Å². The summed E-state index contributed by atoms with van der Waals surface area (Å²) in [4.78, 5) is 0. The molecule has 0 saturated heterocycles. The number of rotatable bonds is 0. The zero-order chi connectivity index (χ0) is 13.9. The predicted octanol–water partition coefficient (Wildman–Crippen LogP) is 3.66. The lowest BCUT2D eigenvalue weighted by Gasteiger charge is -2.16. The normalized spacial score (nSPS) is 12.4. The maximum absolute atomic E-state index is 6.25. The van der Waals surface area contributed by atoms with Gasteiger partial charge in [0.2, 0.25) is 0 Å². The van der Waals surface area contributed by atoms with Crippen LogP contribution >= 0.6 is 0 Å². The standard InChI is InChI=1S/C17H20N2/c1-8-5-6-12-7-13-15(14(12)9(8)2)10(3)11(4)16(18)17(13)19/h5-6H,7,18-19H2,1-4H3. The number of nitrogen functional groups attached to an aromatic ring is 2. The molecule has 4 N–H and O–H groups in total. The Labute approximate surface area is 114 Å². The summed E-state index contributed by atoms with van der Waals surface area (Å²) in [5, 5.41) is 0. The summed E-state index contributed by atoms with van der Waals surface area (Å²) >= 11 is 0. The van der Waals surface area contributed by atoms with E-state index in [4.69, 9.17) is 11.5 Å². The second kappa shape index (κ2) is 3.77. The summed E-state index contributed by atoms with van der Waals surface area (Å²) in [6, 6.07) is 4.42. The number of hydrogen-bond acceptors (Lipinski definition) is 2. The van der Waals surface area contributed by atoms with E-state index in [1.165, 1.54) is 38.9 Å². The fourth-order valence-corrected chi connectivity index (χ4v) is 3.19. The molecule has 0 fully saturated rings. The average Bonchev–Trinajstić information content (AvgIpc) is 2.78. The van der Waals surface area contributed by atoms with Crippen molar-refractivity contribution in [3.05, 3.63) is 45.5 Å². The molecule has 2 aromatic carbocycles. The highest BCUT2D eigenvalue weighted by atomic mass is 14.7. The van der Waals surface area contributed by atoms with Gasteiger partial charge in [-0.05, 0) is 72.2 Å². The van der Waals surface area contributed by atoms with E-state index in [-0.39, 0.29) is 0 Å². The predicted molar refractivity (Wildman–Crippen MR) is 82.5 cm³/mol. The first-order chi connectivity index (χ1) is 8.93. The zero-order valence-electron chi connectivity index (χ0n) is 12.0. The van der Waals surface area contributed by atoms with Crippen LogP contribution in [0, 0.1) is 27.7 Å². The van der Waals surface area contributed by atoms with Crippen LogP contribution in [0.15, 0.2) is 12.1 Å².